The highest BCUT2D eigenvalue weighted by Crippen LogP contribution is 2.45. The number of carbonyl (C=O) groups excluding carboxylic acids is 4. The van der Waals surface area contributed by atoms with Crippen LogP contribution in [0.1, 0.15) is 363 Å². The number of ether oxygens (including phenoxy) is 4. The number of phosphoric ester groups is 2. The number of allylic oxidation sites excluding steroid dienone is 4. The first kappa shape index (κ1) is 92.5. The zero-order valence-corrected chi connectivity index (χ0v) is 63.4. The number of unbranched alkanes of at least 4 members (excludes halogenated alkanes) is 37. The molecule has 0 amide bonds. The Hall–Kier alpha value is -2.46. The molecule has 0 saturated carbocycles. The zero-order valence-electron chi connectivity index (χ0n) is 61.6. The summed E-state index contributed by atoms with van der Waals surface area (Å²) in [6.07, 6.45) is 55.3. The van der Waals surface area contributed by atoms with Crippen LogP contribution in [0.3, 0.4) is 0 Å². The van der Waals surface area contributed by atoms with Crippen molar-refractivity contribution in [3.8, 4) is 0 Å². The van der Waals surface area contributed by atoms with Crippen molar-refractivity contribution in [2.75, 3.05) is 39.6 Å². The first-order valence-electron chi connectivity index (χ1n) is 38.7. The van der Waals surface area contributed by atoms with Crippen molar-refractivity contribution in [2.24, 2.45) is 17.8 Å². The average molecular weight is 1390 g/mol. The minimum atomic E-state index is -4.96. The maximum Gasteiger partial charge on any atom is 0.472 e. The summed E-state index contributed by atoms with van der Waals surface area (Å²) < 4.78 is 68.4. The van der Waals surface area contributed by atoms with Crippen LogP contribution in [0.15, 0.2) is 24.3 Å². The second kappa shape index (κ2) is 66.1. The monoisotopic (exact) mass is 1390 g/mol. The van der Waals surface area contributed by atoms with Crippen molar-refractivity contribution in [1.82, 2.24) is 0 Å². The van der Waals surface area contributed by atoms with E-state index in [4.69, 9.17) is 37.0 Å². The standard InChI is InChI=1S/C76H144O17P2/c1-8-9-10-11-12-13-14-15-20-24-27-30-35-45-52-59-75(80)92-71(63-86-73(78)57-50-43-37-32-34-41-48-55-68(4)5)65-90-94(82,83)88-61-70(77)62-89-95(84,85)91-66-72(64-87-74(79)58-51-44-39-38-42-49-56-69(6)7)93-76(81)60-53-46-36-31-28-25-22-19-17-16-18-21-23-26-29-33-40-47-54-67(2)3/h13-15,20,67-72,77H,8-12,16-19,21-66H2,1-7H3,(H,82,83)(H,84,85)/b14-13-,20-15-/t70?,71-,72-/m1/s1. The molecule has 5 atom stereocenters. The molecule has 0 bridgehead atoms. The van der Waals surface area contributed by atoms with Crippen molar-refractivity contribution in [3.05, 3.63) is 24.3 Å². The number of aliphatic hydroxyl groups is 1. The predicted molar refractivity (Wildman–Crippen MR) is 386 cm³/mol. The molecule has 19 heteroatoms. The van der Waals surface area contributed by atoms with Crippen LogP contribution in [0.5, 0.6) is 0 Å². The first-order valence-corrected chi connectivity index (χ1v) is 41.7. The van der Waals surface area contributed by atoms with Gasteiger partial charge in [0.25, 0.3) is 0 Å². The first-order chi connectivity index (χ1) is 45.7. The van der Waals surface area contributed by atoms with E-state index in [1.54, 1.807) is 0 Å². The summed E-state index contributed by atoms with van der Waals surface area (Å²) in [5.74, 6) is 0.0453. The predicted octanol–water partition coefficient (Wildman–Crippen LogP) is 21.7. The molecule has 17 nitrogen and oxygen atoms in total. The molecule has 95 heavy (non-hydrogen) atoms. The average Bonchev–Trinajstić information content (AvgIpc) is 2.08. The van der Waals surface area contributed by atoms with Crippen LogP contribution in [0, 0.1) is 17.8 Å². The van der Waals surface area contributed by atoms with Gasteiger partial charge in [-0.05, 0) is 69.1 Å². The molecule has 0 heterocycles. The van der Waals surface area contributed by atoms with Crippen molar-refractivity contribution in [3.63, 3.8) is 0 Å². The quantitative estimate of drug-likeness (QED) is 0.0169. The molecule has 0 rings (SSSR count). The molecule has 3 N–H and O–H groups in total. The zero-order chi connectivity index (χ0) is 70.1. The van der Waals surface area contributed by atoms with Crippen LogP contribution >= 0.6 is 15.6 Å². The molecule has 0 aromatic rings. The van der Waals surface area contributed by atoms with Gasteiger partial charge in [0.05, 0.1) is 26.4 Å². The van der Waals surface area contributed by atoms with E-state index < -0.39 is 97.5 Å². The molecule has 0 fully saturated rings. The van der Waals surface area contributed by atoms with Gasteiger partial charge in [-0.3, -0.25) is 37.3 Å². The number of esters is 4. The van der Waals surface area contributed by atoms with Gasteiger partial charge in [-0.15, -0.1) is 0 Å². The van der Waals surface area contributed by atoms with Gasteiger partial charge in [-0.25, -0.2) is 9.13 Å². The van der Waals surface area contributed by atoms with Crippen LogP contribution in [0.25, 0.3) is 0 Å². The molecule has 0 radical (unpaired) electrons. The lowest BCUT2D eigenvalue weighted by Gasteiger charge is -2.21. The van der Waals surface area contributed by atoms with E-state index in [0.29, 0.717) is 37.5 Å². The van der Waals surface area contributed by atoms with E-state index in [2.05, 4.69) is 72.8 Å². The Morgan fingerprint density at radius 2 is 0.568 bits per heavy atom. The minimum absolute atomic E-state index is 0.0839. The topological polar surface area (TPSA) is 237 Å². The molecule has 0 aliphatic carbocycles. The minimum Gasteiger partial charge on any atom is -0.462 e. The highest BCUT2D eigenvalue weighted by Gasteiger charge is 2.30. The summed E-state index contributed by atoms with van der Waals surface area (Å²) >= 11 is 0. The molecule has 560 valence electrons. The number of hydrogen-bond donors (Lipinski definition) is 3. The van der Waals surface area contributed by atoms with Gasteiger partial charge in [0.2, 0.25) is 0 Å². The third-order valence-corrected chi connectivity index (χ3v) is 18.9. The molecule has 0 aromatic carbocycles. The van der Waals surface area contributed by atoms with Gasteiger partial charge in [0.15, 0.2) is 12.2 Å². The summed E-state index contributed by atoms with van der Waals surface area (Å²) in [6, 6.07) is 0. The lowest BCUT2D eigenvalue weighted by Crippen LogP contribution is -2.30. The Morgan fingerprint density at radius 1 is 0.326 bits per heavy atom. The fourth-order valence-electron chi connectivity index (χ4n) is 11.1. The van der Waals surface area contributed by atoms with Gasteiger partial charge >= 0.3 is 39.5 Å². The van der Waals surface area contributed by atoms with Gasteiger partial charge < -0.3 is 33.8 Å². The van der Waals surface area contributed by atoms with Gasteiger partial charge in [-0.1, -0.05) is 310 Å². The maximum absolute atomic E-state index is 13.0. The molecule has 0 spiro atoms. The van der Waals surface area contributed by atoms with E-state index in [1.807, 2.05) is 0 Å². The fourth-order valence-corrected chi connectivity index (χ4v) is 12.6. The number of hydrogen-bond acceptors (Lipinski definition) is 15. The van der Waals surface area contributed by atoms with E-state index in [0.717, 1.165) is 121 Å². The lowest BCUT2D eigenvalue weighted by atomic mass is 10.0. The highest BCUT2D eigenvalue weighted by atomic mass is 31.2. The van der Waals surface area contributed by atoms with Crippen LogP contribution in [0.4, 0.5) is 0 Å². The van der Waals surface area contributed by atoms with E-state index >= 15 is 0 Å². The second-order valence-corrected chi connectivity index (χ2v) is 31.0. The Bertz CT molecular complexity index is 1950. The molecular formula is C76H144O17P2. The summed E-state index contributed by atoms with van der Waals surface area (Å²) in [6.45, 7) is 11.7. The van der Waals surface area contributed by atoms with Gasteiger partial charge in [-0.2, -0.15) is 0 Å². The Kier molecular flexibility index (Phi) is 64.4. The summed E-state index contributed by atoms with van der Waals surface area (Å²) in [7, 11) is -9.92. The smallest absolute Gasteiger partial charge is 0.462 e. The fraction of sp³-hybridized carbons (Fsp3) is 0.895. The van der Waals surface area contributed by atoms with E-state index in [-0.39, 0.29) is 25.7 Å². The maximum atomic E-state index is 13.0. The van der Waals surface area contributed by atoms with E-state index in [1.165, 1.54) is 148 Å². The molecule has 0 aromatic heterocycles. The van der Waals surface area contributed by atoms with Crippen LogP contribution in [-0.2, 0) is 65.4 Å². The molecular weight excluding hydrogens is 1250 g/mol. The third kappa shape index (κ3) is 69.8. The molecule has 0 aliphatic heterocycles. The van der Waals surface area contributed by atoms with E-state index in [9.17, 15) is 43.2 Å². The number of aliphatic hydroxyl groups excluding tert-OH is 1. The van der Waals surface area contributed by atoms with Crippen molar-refractivity contribution < 1.29 is 80.2 Å². The summed E-state index contributed by atoms with van der Waals surface area (Å²) in [4.78, 5) is 72.7. The van der Waals surface area contributed by atoms with Crippen LogP contribution < -0.4 is 0 Å². The largest absolute Gasteiger partial charge is 0.472 e. The molecule has 3 unspecified atom stereocenters. The summed E-state index contributed by atoms with van der Waals surface area (Å²) in [5, 5.41) is 10.6. The van der Waals surface area contributed by atoms with Gasteiger partial charge in [0.1, 0.15) is 19.3 Å². The van der Waals surface area contributed by atoms with Gasteiger partial charge in [0, 0.05) is 25.7 Å². The Morgan fingerprint density at radius 3 is 0.853 bits per heavy atom. The normalized spacial score (nSPS) is 14.2. The Balaban J connectivity index is 5.19. The number of phosphoric acid groups is 2. The lowest BCUT2D eigenvalue weighted by molar-refractivity contribution is -0.161. The summed E-state index contributed by atoms with van der Waals surface area (Å²) in [5.41, 5.74) is 0. The number of carbonyl (C=O) groups is 4. The van der Waals surface area contributed by atoms with Crippen molar-refractivity contribution >= 4 is 39.5 Å². The van der Waals surface area contributed by atoms with Crippen molar-refractivity contribution in [1.29, 1.82) is 0 Å². The molecule has 0 saturated heterocycles. The second-order valence-electron chi connectivity index (χ2n) is 28.1. The Labute approximate surface area is 580 Å². The third-order valence-electron chi connectivity index (χ3n) is 17.0. The van der Waals surface area contributed by atoms with Crippen LogP contribution in [-0.4, -0.2) is 96.7 Å². The van der Waals surface area contributed by atoms with Crippen molar-refractivity contribution in [2.45, 2.75) is 381 Å². The molecule has 0 aliphatic rings. The highest BCUT2D eigenvalue weighted by molar-refractivity contribution is 7.47. The number of rotatable bonds is 72. The van der Waals surface area contributed by atoms with Crippen LogP contribution in [0.2, 0.25) is 0 Å². The SMILES string of the molecule is CCCCCC/C=C\C=C/CCCCCCCC(=O)O[C@H](COC(=O)CCCCCCCCCC(C)C)COP(=O)(O)OCC(O)COP(=O)(O)OC[C@@H](COC(=O)CCCCCCCCC(C)C)OC(=O)CCCCCCCCCCCCCCCCCCCCC(C)C.